The molecule has 0 radical (unpaired) electrons. The van der Waals surface area contributed by atoms with E-state index >= 15 is 0 Å². The van der Waals surface area contributed by atoms with Crippen molar-refractivity contribution < 1.29 is 23.5 Å². The Hall–Kier alpha value is -3.11. The Morgan fingerprint density at radius 2 is 1.27 bits per heavy atom. The van der Waals surface area contributed by atoms with Crippen LogP contribution in [0.2, 0.25) is 0 Å². The molecule has 0 saturated heterocycles. The van der Waals surface area contributed by atoms with Crippen LogP contribution in [0, 0.1) is 6.92 Å². The first-order valence-corrected chi connectivity index (χ1v) is 11.4. The second kappa shape index (κ2) is 8.33. The van der Waals surface area contributed by atoms with Crippen LogP contribution in [0.3, 0.4) is 0 Å². The molecule has 6 heteroatoms. The minimum atomic E-state index is -4.14. The van der Waals surface area contributed by atoms with E-state index in [9.17, 15) is 14.4 Å². The van der Waals surface area contributed by atoms with E-state index in [1.807, 2.05) is 53.6 Å². The zero-order valence-corrected chi connectivity index (χ0v) is 17.5. The van der Waals surface area contributed by atoms with Crippen molar-refractivity contribution in [3.63, 3.8) is 0 Å². The van der Waals surface area contributed by atoms with Crippen LogP contribution in [0.4, 0.5) is 0 Å². The van der Waals surface area contributed by atoms with E-state index in [0.29, 0.717) is 5.56 Å². The summed E-state index contributed by atoms with van der Waals surface area (Å²) < 4.78 is 15.4. The van der Waals surface area contributed by atoms with Crippen LogP contribution in [-0.4, -0.2) is 9.79 Å². The van der Waals surface area contributed by atoms with Crippen molar-refractivity contribution in [2.75, 3.05) is 0 Å². The molecule has 0 unspecified atom stereocenters. The van der Waals surface area contributed by atoms with Gasteiger partial charge in [0.15, 0.2) is 24.8 Å². The number of para-hydroxylation sites is 1. The second-order valence-corrected chi connectivity index (χ2v) is 8.92. The van der Waals surface area contributed by atoms with Crippen molar-refractivity contribution in [2.24, 2.45) is 0 Å². The summed E-state index contributed by atoms with van der Waals surface area (Å²) in [6.07, 6.45) is 7.62. The number of aryl methyl sites for hydroxylation is 1. The van der Waals surface area contributed by atoms with Gasteiger partial charge in [-0.05, 0) is 18.1 Å². The zero-order chi connectivity index (χ0) is 21.1. The summed E-state index contributed by atoms with van der Waals surface area (Å²) in [6, 6.07) is 23.8. The number of hydrogen-bond acceptors (Lipinski definition) is 1. The van der Waals surface area contributed by atoms with Crippen LogP contribution >= 0.6 is 7.60 Å². The Bertz CT molecular complexity index is 1200. The van der Waals surface area contributed by atoms with Gasteiger partial charge in [0.2, 0.25) is 11.4 Å². The number of nitrogens with zero attached hydrogens (tertiary/aromatic N) is 2. The Morgan fingerprint density at radius 3 is 1.83 bits per heavy atom. The number of pyridine rings is 2. The van der Waals surface area contributed by atoms with Crippen molar-refractivity contribution in [3.05, 3.63) is 109 Å². The van der Waals surface area contributed by atoms with Gasteiger partial charge in [0.25, 0.3) is 0 Å². The standard InChI is InChI=1S/C24H21N2O3P/c1-19-6-8-23(9-7-19)25-14-10-20(11-15-25)21-12-16-26(17-13-21)24-5-3-2-4-22(24)18-30(27,28)29/h2-17H,18H2,1H3/p+2. The summed E-state index contributed by atoms with van der Waals surface area (Å²) in [5.41, 5.74) is 5.87. The molecule has 2 heterocycles. The van der Waals surface area contributed by atoms with Crippen molar-refractivity contribution in [1.82, 2.24) is 0 Å². The Kier molecular flexibility index (Phi) is 5.60. The first-order chi connectivity index (χ1) is 14.4. The molecule has 150 valence electrons. The van der Waals surface area contributed by atoms with Gasteiger partial charge in [-0.1, -0.05) is 35.9 Å². The van der Waals surface area contributed by atoms with Crippen LogP contribution in [-0.2, 0) is 10.7 Å². The SMILES string of the molecule is Cc1ccc(-[n+]2ccc(-c3cc[n+](-c4ccccc4CP(=O)(O)O)cc3)cc2)cc1. The highest BCUT2D eigenvalue weighted by atomic mass is 31.2. The van der Waals surface area contributed by atoms with Gasteiger partial charge < -0.3 is 9.79 Å². The lowest BCUT2D eigenvalue weighted by atomic mass is 10.1. The van der Waals surface area contributed by atoms with Gasteiger partial charge >= 0.3 is 7.60 Å². The van der Waals surface area contributed by atoms with Gasteiger partial charge in [0.1, 0.15) is 0 Å². The maximum atomic E-state index is 11.5. The molecule has 30 heavy (non-hydrogen) atoms. The normalized spacial score (nSPS) is 11.4. The number of benzene rings is 2. The maximum absolute atomic E-state index is 11.5. The average molecular weight is 418 g/mol. The molecule has 0 aliphatic carbocycles. The molecule has 0 bridgehead atoms. The van der Waals surface area contributed by atoms with Gasteiger partial charge in [-0.3, -0.25) is 4.57 Å². The summed E-state index contributed by atoms with van der Waals surface area (Å²) in [6.45, 7) is 2.07. The van der Waals surface area contributed by atoms with E-state index < -0.39 is 7.60 Å². The Labute approximate surface area is 175 Å². The molecule has 4 aromatic rings. The third-order valence-electron chi connectivity index (χ3n) is 4.97. The summed E-state index contributed by atoms with van der Waals surface area (Å²) >= 11 is 0. The molecule has 0 spiro atoms. The van der Waals surface area contributed by atoms with Crippen molar-refractivity contribution >= 4 is 7.60 Å². The van der Waals surface area contributed by atoms with E-state index in [4.69, 9.17) is 0 Å². The van der Waals surface area contributed by atoms with E-state index in [2.05, 4.69) is 47.9 Å². The van der Waals surface area contributed by atoms with Gasteiger partial charge in [-0.25, -0.2) is 0 Å². The Morgan fingerprint density at radius 1 is 0.733 bits per heavy atom. The number of aromatic nitrogens is 2. The fourth-order valence-electron chi connectivity index (χ4n) is 3.41. The van der Waals surface area contributed by atoms with Crippen molar-refractivity contribution in [3.8, 4) is 22.5 Å². The lowest BCUT2D eigenvalue weighted by Gasteiger charge is -2.07. The molecule has 2 aromatic heterocycles. The predicted molar refractivity (Wildman–Crippen MR) is 115 cm³/mol. The van der Waals surface area contributed by atoms with Crippen LogP contribution in [0.5, 0.6) is 0 Å². The van der Waals surface area contributed by atoms with Gasteiger partial charge in [0, 0.05) is 48.0 Å². The van der Waals surface area contributed by atoms with Gasteiger partial charge in [-0.2, -0.15) is 9.13 Å². The molecular weight excluding hydrogens is 395 g/mol. The summed E-state index contributed by atoms with van der Waals surface area (Å²) in [4.78, 5) is 18.7. The third-order valence-corrected chi connectivity index (χ3v) is 5.72. The molecule has 2 aromatic carbocycles. The minimum absolute atomic E-state index is 0.282. The number of hydrogen-bond donors (Lipinski definition) is 2. The molecule has 0 atom stereocenters. The summed E-state index contributed by atoms with van der Waals surface area (Å²) in [5.74, 6) is 0. The topological polar surface area (TPSA) is 65.3 Å². The summed E-state index contributed by atoms with van der Waals surface area (Å²) in [7, 11) is -4.14. The highest BCUT2D eigenvalue weighted by molar-refractivity contribution is 7.50. The quantitative estimate of drug-likeness (QED) is 0.382. The molecular formula is C24H23N2O3P+2. The predicted octanol–water partition coefficient (Wildman–Crippen LogP) is 3.89. The molecule has 0 saturated carbocycles. The molecule has 0 aliphatic rings. The molecule has 5 nitrogen and oxygen atoms in total. The highest BCUT2D eigenvalue weighted by Gasteiger charge is 2.20. The zero-order valence-electron chi connectivity index (χ0n) is 16.6. The first kappa shape index (κ1) is 20.2. The maximum Gasteiger partial charge on any atom is 0.330 e. The monoisotopic (exact) mass is 418 g/mol. The molecule has 4 rings (SSSR count). The van der Waals surface area contributed by atoms with Crippen molar-refractivity contribution in [1.29, 1.82) is 0 Å². The van der Waals surface area contributed by atoms with Gasteiger partial charge in [-0.15, -0.1) is 0 Å². The third kappa shape index (κ3) is 4.71. The van der Waals surface area contributed by atoms with E-state index in [-0.39, 0.29) is 6.16 Å². The average Bonchev–Trinajstić information content (AvgIpc) is 2.74. The Balaban J connectivity index is 1.59. The van der Waals surface area contributed by atoms with Gasteiger partial charge in [0.05, 0.1) is 6.16 Å². The fourth-order valence-corrected chi connectivity index (χ4v) is 4.12. The van der Waals surface area contributed by atoms with Crippen LogP contribution in [0.15, 0.2) is 97.6 Å². The first-order valence-electron chi connectivity index (χ1n) is 9.62. The lowest BCUT2D eigenvalue weighted by Crippen LogP contribution is -2.31. The lowest BCUT2D eigenvalue weighted by molar-refractivity contribution is -0.596. The van der Waals surface area contributed by atoms with Crippen LogP contribution in [0.25, 0.3) is 22.5 Å². The number of rotatable bonds is 5. The van der Waals surface area contributed by atoms with E-state index in [0.717, 1.165) is 22.5 Å². The second-order valence-electron chi connectivity index (χ2n) is 7.28. The fraction of sp³-hybridized carbons (Fsp3) is 0.0833. The molecule has 0 amide bonds. The molecule has 0 fully saturated rings. The van der Waals surface area contributed by atoms with Crippen molar-refractivity contribution in [2.45, 2.75) is 13.1 Å². The van der Waals surface area contributed by atoms with Crippen LogP contribution < -0.4 is 9.13 Å². The van der Waals surface area contributed by atoms with E-state index in [1.54, 1.807) is 12.1 Å². The van der Waals surface area contributed by atoms with E-state index in [1.165, 1.54) is 5.56 Å². The molecule has 2 N–H and O–H groups in total. The highest BCUT2D eigenvalue weighted by Crippen LogP contribution is 2.39. The largest absolute Gasteiger partial charge is 0.330 e. The molecule has 0 aliphatic heterocycles. The van der Waals surface area contributed by atoms with Crippen LogP contribution in [0.1, 0.15) is 11.1 Å². The minimum Gasteiger partial charge on any atom is -0.324 e. The summed E-state index contributed by atoms with van der Waals surface area (Å²) in [5, 5.41) is 0. The smallest absolute Gasteiger partial charge is 0.324 e.